The minimum atomic E-state index is -4.03. The van der Waals surface area contributed by atoms with Crippen molar-refractivity contribution in [2.75, 3.05) is 38.8 Å². The van der Waals surface area contributed by atoms with E-state index in [1.54, 1.807) is 50.2 Å². The predicted octanol–water partition coefficient (Wildman–Crippen LogP) is 2.93. The van der Waals surface area contributed by atoms with Crippen LogP contribution in [0.5, 0.6) is 11.5 Å². The van der Waals surface area contributed by atoms with Crippen molar-refractivity contribution in [3.63, 3.8) is 0 Å². The number of para-hydroxylation sites is 1. The van der Waals surface area contributed by atoms with Crippen LogP contribution in [0.2, 0.25) is 0 Å². The molecule has 13 heteroatoms. The van der Waals surface area contributed by atoms with Gasteiger partial charge in [-0.05, 0) is 38.0 Å². The van der Waals surface area contributed by atoms with Gasteiger partial charge in [-0.1, -0.05) is 13.0 Å². The second kappa shape index (κ2) is 11.4. The van der Waals surface area contributed by atoms with Crippen molar-refractivity contribution < 1.29 is 27.4 Å². The first-order chi connectivity index (χ1) is 17.8. The van der Waals surface area contributed by atoms with Crippen LogP contribution in [0.15, 0.2) is 30.6 Å². The molecule has 1 aliphatic rings. The Balaban J connectivity index is 1.71. The molecule has 0 unspecified atom stereocenters. The van der Waals surface area contributed by atoms with E-state index in [4.69, 9.17) is 18.9 Å². The van der Waals surface area contributed by atoms with Crippen LogP contribution >= 0.6 is 0 Å². The standard InChI is InChI=1S/C24H32N6O6S/c1-6-10-35-20(22-25-11-15(2)12-26-22)16(3)37(31,32)29-24-28-27-23-18-8-7-9-19(34-5)21(18)36-14-17(13-33-4)30(23)24/h7-9,11-12,16-17,20H,6,10,13-14H2,1-5H3,(H,28,29)/t16-,17-,20+/m0/s1. The zero-order valence-electron chi connectivity index (χ0n) is 21.5. The van der Waals surface area contributed by atoms with Gasteiger partial charge < -0.3 is 18.9 Å². The summed E-state index contributed by atoms with van der Waals surface area (Å²) in [6, 6.07) is 5.00. The van der Waals surface area contributed by atoms with Gasteiger partial charge in [-0.25, -0.2) is 18.4 Å². The van der Waals surface area contributed by atoms with Gasteiger partial charge in [-0.15, -0.1) is 10.2 Å². The van der Waals surface area contributed by atoms with E-state index in [0.29, 0.717) is 41.7 Å². The van der Waals surface area contributed by atoms with Crippen LogP contribution in [-0.4, -0.2) is 72.4 Å². The Kier molecular flexibility index (Phi) is 8.25. The SMILES string of the molecule is CCCO[C@@H](c1ncc(C)cn1)[C@H](C)S(=O)(=O)Nc1nnc2n1[C@@H](COC)COc1c(OC)cccc1-2. The Morgan fingerprint density at radius 2 is 1.97 bits per heavy atom. The minimum absolute atomic E-state index is 0.0437. The van der Waals surface area contributed by atoms with Gasteiger partial charge in [-0.2, -0.15) is 0 Å². The third-order valence-corrected chi connectivity index (χ3v) is 7.68. The van der Waals surface area contributed by atoms with Crippen LogP contribution in [-0.2, 0) is 19.5 Å². The summed E-state index contributed by atoms with van der Waals surface area (Å²) in [6.07, 6.45) is 3.10. The van der Waals surface area contributed by atoms with Crippen molar-refractivity contribution in [1.82, 2.24) is 24.7 Å². The average molecular weight is 533 g/mol. The summed E-state index contributed by atoms with van der Waals surface area (Å²) in [6.45, 7) is 6.15. The van der Waals surface area contributed by atoms with Gasteiger partial charge in [0.1, 0.15) is 18.0 Å². The number of nitrogens with one attached hydrogen (secondary N) is 1. The Morgan fingerprint density at radius 1 is 1.22 bits per heavy atom. The van der Waals surface area contributed by atoms with Gasteiger partial charge in [0.15, 0.2) is 23.1 Å². The van der Waals surface area contributed by atoms with E-state index in [2.05, 4.69) is 24.9 Å². The van der Waals surface area contributed by atoms with Gasteiger partial charge in [0.25, 0.3) is 0 Å². The fourth-order valence-electron chi connectivity index (χ4n) is 4.06. The van der Waals surface area contributed by atoms with Crippen LogP contribution in [0.3, 0.4) is 0 Å². The van der Waals surface area contributed by atoms with Gasteiger partial charge >= 0.3 is 0 Å². The molecule has 0 bridgehead atoms. The molecule has 0 spiro atoms. The van der Waals surface area contributed by atoms with Gasteiger partial charge in [0.05, 0.1) is 25.3 Å². The molecule has 4 rings (SSSR count). The lowest BCUT2D eigenvalue weighted by atomic mass is 10.1. The number of hydrogen-bond acceptors (Lipinski definition) is 10. The molecule has 0 fully saturated rings. The molecule has 3 atom stereocenters. The van der Waals surface area contributed by atoms with Gasteiger partial charge in [-0.3, -0.25) is 9.29 Å². The van der Waals surface area contributed by atoms with E-state index < -0.39 is 27.4 Å². The highest BCUT2D eigenvalue weighted by Gasteiger charge is 2.36. The van der Waals surface area contributed by atoms with Crippen molar-refractivity contribution in [2.24, 2.45) is 0 Å². The molecule has 1 aliphatic heterocycles. The number of aromatic nitrogens is 5. The molecule has 0 amide bonds. The highest BCUT2D eigenvalue weighted by molar-refractivity contribution is 7.93. The van der Waals surface area contributed by atoms with Crippen molar-refractivity contribution in [1.29, 1.82) is 0 Å². The molecule has 0 aliphatic carbocycles. The smallest absolute Gasteiger partial charge is 0.240 e. The molecule has 3 heterocycles. The zero-order valence-corrected chi connectivity index (χ0v) is 22.4. The topological polar surface area (TPSA) is 140 Å². The summed E-state index contributed by atoms with van der Waals surface area (Å²) >= 11 is 0. The first-order valence-corrected chi connectivity index (χ1v) is 13.5. The fourth-order valence-corrected chi connectivity index (χ4v) is 5.16. The number of nitrogens with zero attached hydrogens (tertiary/aromatic N) is 5. The monoisotopic (exact) mass is 532 g/mol. The summed E-state index contributed by atoms with van der Waals surface area (Å²) in [5.74, 6) is 1.81. The van der Waals surface area contributed by atoms with E-state index in [1.165, 1.54) is 0 Å². The van der Waals surface area contributed by atoms with E-state index in [1.807, 2.05) is 19.9 Å². The molecule has 37 heavy (non-hydrogen) atoms. The molecule has 3 aromatic rings. The van der Waals surface area contributed by atoms with E-state index >= 15 is 0 Å². The number of anilines is 1. The number of rotatable bonds is 11. The number of fused-ring (bicyclic) bond motifs is 3. The zero-order chi connectivity index (χ0) is 26.6. The highest BCUT2D eigenvalue weighted by atomic mass is 32.2. The van der Waals surface area contributed by atoms with Crippen molar-refractivity contribution in [2.45, 2.75) is 44.6 Å². The maximum atomic E-state index is 13.6. The Hall–Kier alpha value is -3.29. The molecule has 1 N–H and O–H groups in total. The number of sulfonamides is 1. The van der Waals surface area contributed by atoms with Crippen LogP contribution in [0.1, 0.15) is 43.8 Å². The van der Waals surface area contributed by atoms with Crippen LogP contribution in [0, 0.1) is 6.92 Å². The molecule has 12 nitrogen and oxygen atoms in total. The molecular formula is C24H32N6O6S. The number of benzene rings is 1. The molecule has 0 saturated heterocycles. The summed E-state index contributed by atoms with van der Waals surface area (Å²) < 4.78 is 54.4. The van der Waals surface area contributed by atoms with Gasteiger partial charge in [0, 0.05) is 26.1 Å². The predicted molar refractivity (Wildman–Crippen MR) is 136 cm³/mol. The van der Waals surface area contributed by atoms with E-state index in [-0.39, 0.29) is 19.2 Å². The number of methoxy groups -OCH3 is 2. The van der Waals surface area contributed by atoms with E-state index in [0.717, 1.165) is 5.56 Å². The summed E-state index contributed by atoms with van der Waals surface area (Å²) in [7, 11) is -0.916. The van der Waals surface area contributed by atoms with E-state index in [9.17, 15) is 8.42 Å². The second-order valence-corrected chi connectivity index (χ2v) is 10.8. The highest BCUT2D eigenvalue weighted by Crippen LogP contribution is 2.42. The van der Waals surface area contributed by atoms with Crippen molar-refractivity contribution >= 4 is 16.0 Å². The van der Waals surface area contributed by atoms with Crippen molar-refractivity contribution in [3.05, 3.63) is 42.0 Å². The first kappa shape index (κ1) is 26.8. The lowest BCUT2D eigenvalue weighted by Crippen LogP contribution is -2.35. The lowest BCUT2D eigenvalue weighted by Gasteiger charge is -2.24. The third-order valence-electron chi connectivity index (χ3n) is 5.99. The van der Waals surface area contributed by atoms with Gasteiger partial charge in [0.2, 0.25) is 16.0 Å². The Bertz CT molecular complexity index is 1310. The van der Waals surface area contributed by atoms with Crippen LogP contribution in [0.25, 0.3) is 11.4 Å². The summed E-state index contributed by atoms with van der Waals surface area (Å²) in [4.78, 5) is 8.63. The molecule has 1 aromatic carbocycles. The minimum Gasteiger partial charge on any atom is -0.493 e. The van der Waals surface area contributed by atoms with Crippen LogP contribution < -0.4 is 14.2 Å². The maximum Gasteiger partial charge on any atom is 0.240 e. The van der Waals surface area contributed by atoms with Crippen LogP contribution in [0.4, 0.5) is 5.95 Å². The Morgan fingerprint density at radius 3 is 2.65 bits per heavy atom. The molecule has 200 valence electrons. The second-order valence-electron chi connectivity index (χ2n) is 8.74. The number of hydrogen-bond donors (Lipinski definition) is 1. The molecule has 0 saturated carbocycles. The number of ether oxygens (including phenoxy) is 4. The molecular weight excluding hydrogens is 500 g/mol. The number of aryl methyl sites for hydroxylation is 1. The largest absolute Gasteiger partial charge is 0.493 e. The summed E-state index contributed by atoms with van der Waals surface area (Å²) in [5, 5.41) is 7.47. The lowest BCUT2D eigenvalue weighted by molar-refractivity contribution is 0.0466. The Labute approximate surface area is 216 Å². The third kappa shape index (κ3) is 5.53. The molecule has 0 radical (unpaired) electrons. The average Bonchev–Trinajstić information content (AvgIpc) is 3.22. The molecule has 2 aromatic heterocycles. The summed E-state index contributed by atoms with van der Waals surface area (Å²) in [5.41, 5.74) is 1.49. The quantitative estimate of drug-likeness (QED) is 0.392. The normalized spacial score (nSPS) is 16.6. The van der Waals surface area contributed by atoms with Crippen molar-refractivity contribution in [3.8, 4) is 22.9 Å². The maximum absolute atomic E-state index is 13.6. The first-order valence-electron chi connectivity index (χ1n) is 12.0. The fraction of sp³-hybridized carbons (Fsp3) is 0.500.